The van der Waals surface area contributed by atoms with Gasteiger partial charge >= 0.3 is 5.69 Å². The van der Waals surface area contributed by atoms with Crippen molar-refractivity contribution in [3.8, 4) is 0 Å². The number of aromatic amines is 1. The maximum absolute atomic E-state index is 13.2. The number of hydrogen-bond acceptors (Lipinski definition) is 16. The van der Waals surface area contributed by atoms with Gasteiger partial charge in [0.05, 0.1) is 18.8 Å². The minimum Gasteiger partial charge on any atom is -0.394 e. The monoisotopic (exact) mass is 858 g/mol. The molecule has 0 radical (unpaired) electrons. The summed E-state index contributed by atoms with van der Waals surface area (Å²) >= 11 is 0. The summed E-state index contributed by atoms with van der Waals surface area (Å²) in [5.41, 5.74) is -1.68. The molecule has 3 aliphatic rings. The Morgan fingerprint density at radius 2 is 1.33 bits per heavy atom. The van der Waals surface area contributed by atoms with E-state index in [1.165, 1.54) is 57.4 Å². The van der Waals surface area contributed by atoms with Crippen LogP contribution in [-0.2, 0) is 28.5 Å². The highest BCUT2D eigenvalue weighted by atomic mass is 16.8. The lowest BCUT2D eigenvalue weighted by molar-refractivity contribution is -0.346. The minimum atomic E-state index is -1.85. The van der Waals surface area contributed by atoms with Crippen molar-refractivity contribution < 1.29 is 69.4 Å². The Morgan fingerprint density at radius 3 is 1.90 bits per heavy atom. The predicted octanol–water partition coefficient (Wildman–Crippen LogP) is -1.55. The maximum Gasteiger partial charge on any atom is 0.330 e. The number of nitrogens with zero attached hydrogens (tertiary/aromatic N) is 1. The number of allylic oxidation sites excluding steroid dienone is 1. The van der Waals surface area contributed by atoms with Gasteiger partial charge in [0, 0.05) is 25.6 Å². The second-order valence-corrected chi connectivity index (χ2v) is 16.0. The summed E-state index contributed by atoms with van der Waals surface area (Å²) in [5.74, 6) is -1.35. The number of ether oxygens (including phenoxy) is 4. The van der Waals surface area contributed by atoms with E-state index in [1.807, 2.05) is 4.98 Å². The first-order valence-electron chi connectivity index (χ1n) is 21.2. The molecule has 4 rings (SSSR count). The summed E-state index contributed by atoms with van der Waals surface area (Å²) in [7, 11) is 0. The molecule has 0 unspecified atom stereocenters. The highest BCUT2D eigenvalue weighted by Crippen LogP contribution is 2.34. The third-order valence-electron chi connectivity index (χ3n) is 11.3. The zero-order valence-corrected chi connectivity index (χ0v) is 34.4. The minimum absolute atomic E-state index is 0.597. The van der Waals surface area contributed by atoms with E-state index < -0.39 is 128 Å². The molecule has 0 bridgehead atoms. The van der Waals surface area contributed by atoms with E-state index in [2.05, 4.69) is 17.6 Å². The van der Waals surface area contributed by atoms with Gasteiger partial charge in [-0.15, -0.1) is 0 Å². The van der Waals surface area contributed by atoms with Gasteiger partial charge in [-0.2, -0.15) is 0 Å². The molecule has 1 aromatic rings. The fraction of sp³-hybridized carbons (Fsp3) is 0.800. The van der Waals surface area contributed by atoms with Crippen LogP contribution in [-0.4, -0.2) is 155 Å². The lowest BCUT2D eigenvalue weighted by atomic mass is 9.91. The standard InChI is InChI=1S/C40H66N4O16/c1-3-4-5-6-7-8-9-10-11-12-13-14-15-16-17-26(48)42-29-33(53)30(50)24(57-39(29)60-38-28(41-22(2)46)32(52)31(51)25(21-45)58-38)20-23(47)36-34(54)35(55)37(59-36)44-19-18-27(49)43-40(44)56/h16-19,23-25,28-39,45,47,50-55H,3-15,20-21H2,1-2H3,(H,41,46)(H,42,48)(H,43,49,56)/b17-16+/t23-,24+,25-,28-,29-,30+,31-,32-,33-,34+,35-,36-,37-,38-,39+/m1/s1. The van der Waals surface area contributed by atoms with Crippen LogP contribution in [0.2, 0.25) is 0 Å². The fourth-order valence-corrected chi connectivity index (χ4v) is 7.85. The Balaban J connectivity index is 1.42. The molecule has 4 heterocycles. The van der Waals surface area contributed by atoms with Gasteiger partial charge in [0.1, 0.15) is 60.9 Å². The van der Waals surface area contributed by atoms with Crippen LogP contribution in [0.3, 0.4) is 0 Å². The molecular formula is C40H66N4O16. The van der Waals surface area contributed by atoms with Crippen molar-refractivity contribution in [2.75, 3.05) is 6.61 Å². The Bertz CT molecular complexity index is 1610. The van der Waals surface area contributed by atoms with Crippen LogP contribution in [0.4, 0.5) is 0 Å². The second kappa shape index (κ2) is 24.5. The molecule has 3 saturated heterocycles. The normalized spacial score (nSPS) is 33.8. The average Bonchev–Trinajstić information content (AvgIpc) is 3.50. The molecule has 342 valence electrons. The van der Waals surface area contributed by atoms with E-state index in [9.17, 15) is 60.0 Å². The summed E-state index contributed by atoms with van der Waals surface area (Å²) in [6, 6.07) is -2.01. The lowest BCUT2D eigenvalue weighted by Crippen LogP contribution is -2.68. The zero-order valence-electron chi connectivity index (χ0n) is 34.4. The van der Waals surface area contributed by atoms with Gasteiger partial charge < -0.3 is 70.4 Å². The van der Waals surface area contributed by atoms with Crippen LogP contribution >= 0.6 is 0 Å². The Kier molecular flexibility index (Phi) is 20.2. The number of rotatable bonds is 23. The van der Waals surface area contributed by atoms with Gasteiger partial charge in [-0.1, -0.05) is 83.6 Å². The van der Waals surface area contributed by atoms with E-state index in [-0.39, 0.29) is 0 Å². The van der Waals surface area contributed by atoms with Crippen LogP contribution < -0.4 is 21.9 Å². The van der Waals surface area contributed by atoms with E-state index in [0.717, 1.165) is 49.4 Å². The number of aliphatic hydroxyl groups excluding tert-OH is 8. The third-order valence-corrected chi connectivity index (χ3v) is 11.3. The van der Waals surface area contributed by atoms with Crippen molar-refractivity contribution in [1.82, 2.24) is 20.2 Å². The number of amides is 2. The molecule has 3 aliphatic heterocycles. The Morgan fingerprint density at radius 1 is 0.783 bits per heavy atom. The number of aromatic nitrogens is 2. The largest absolute Gasteiger partial charge is 0.394 e. The highest BCUT2D eigenvalue weighted by Gasteiger charge is 2.53. The van der Waals surface area contributed by atoms with Gasteiger partial charge in [0.15, 0.2) is 18.8 Å². The van der Waals surface area contributed by atoms with Gasteiger partial charge in [-0.25, -0.2) is 4.79 Å². The molecular weight excluding hydrogens is 792 g/mol. The Hall–Kier alpha value is -3.12. The molecule has 11 N–H and O–H groups in total. The molecule has 0 aromatic carbocycles. The van der Waals surface area contributed by atoms with Crippen molar-refractivity contribution in [2.24, 2.45) is 0 Å². The van der Waals surface area contributed by atoms with Crippen molar-refractivity contribution in [3.05, 3.63) is 45.3 Å². The van der Waals surface area contributed by atoms with Gasteiger partial charge in [0.25, 0.3) is 5.56 Å². The summed E-state index contributed by atoms with van der Waals surface area (Å²) in [6.07, 6.45) is -3.63. The highest BCUT2D eigenvalue weighted by molar-refractivity contribution is 5.87. The molecule has 15 atom stereocenters. The first kappa shape index (κ1) is 49.5. The van der Waals surface area contributed by atoms with E-state index in [0.29, 0.717) is 6.42 Å². The van der Waals surface area contributed by atoms with E-state index in [4.69, 9.17) is 18.9 Å². The van der Waals surface area contributed by atoms with E-state index >= 15 is 0 Å². The van der Waals surface area contributed by atoms with E-state index in [1.54, 1.807) is 6.08 Å². The summed E-state index contributed by atoms with van der Waals surface area (Å²) in [5, 5.41) is 91.5. The summed E-state index contributed by atoms with van der Waals surface area (Å²) in [4.78, 5) is 51.2. The van der Waals surface area contributed by atoms with Crippen molar-refractivity contribution >= 4 is 11.8 Å². The van der Waals surface area contributed by atoms with Gasteiger partial charge in [0.2, 0.25) is 11.8 Å². The number of nitrogens with one attached hydrogen (secondary N) is 3. The van der Waals surface area contributed by atoms with Crippen LogP contribution in [0.1, 0.15) is 110 Å². The fourth-order valence-electron chi connectivity index (χ4n) is 7.85. The number of aliphatic hydroxyl groups is 8. The number of unbranched alkanes of at least 4 members (excludes halogenated alkanes) is 12. The van der Waals surface area contributed by atoms with Gasteiger partial charge in [-0.05, 0) is 18.9 Å². The summed E-state index contributed by atoms with van der Waals surface area (Å²) in [6.45, 7) is 2.56. The second-order valence-electron chi connectivity index (χ2n) is 16.0. The molecule has 20 nitrogen and oxygen atoms in total. The SMILES string of the molecule is CCCCCCCCCCCCCC/C=C/C(=O)N[C@H]1[C@H](O[C@H]2O[C@H](CO)[C@@H](O)[C@H](O)[C@H]2NC(C)=O)O[C@@H](C[C@@H](O)[C@H]2O[C@@H](n3ccc(=O)[nH]c3=O)[C@H](O)[C@@H]2O)[C@H](O)[C@@H]1O. The van der Waals surface area contributed by atoms with Crippen LogP contribution in [0.25, 0.3) is 0 Å². The number of carbonyl (C=O) groups excluding carboxylic acids is 2. The van der Waals surface area contributed by atoms with Crippen LogP contribution in [0.5, 0.6) is 0 Å². The molecule has 60 heavy (non-hydrogen) atoms. The molecule has 0 spiro atoms. The molecule has 0 saturated carbocycles. The number of H-pyrrole nitrogens is 1. The molecule has 2 amide bonds. The zero-order chi connectivity index (χ0) is 43.9. The molecule has 20 heteroatoms. The van der Waals surface area contributed by atoms with Gasteiger partial charge in [-0.3, -0.25) is 23.9 Å². The van der Waals surface area contributed by atoms with Crippen molar-refractivity contribution in [3.63, 3.8) is 0 Å². The maximum atomic E-state index is 13.2. The molecule has 1 aromatic heterocycles. The first-order valence-corrected chi connectivity index (χ1v) is 21.2. The molecule has 0 aliphatic carbocycles. The molecule has 3 fully saturated rings. The van der Waals surface area contributed by atoms with Crippen molar-refractivity contribution in [1.29, 1.82) is 0 Å². The summed E-state index contributed by atoms with van der Waals surface area (Å²) < 4.78 is 24.1. The topological polar surface area (TPSA) is 312 Å². The number of carbonyl (C=O) groups is 2. The number of hydrogen-bond donors (Lipinski definition) is 11. The van der Waals surface area contributed by atoms with Crippen LogP contribution in [0.15, 0.2) is 34.0 Å². The van der Waals surface area contributed by atoms with Crippen LogP contribution in [0, 0.1) is 0 Å². The third kappa shape index (κ3) is 13.7. The average molecular weight is 859 g/mol. The quantitative estimate of drug-likeness (QED) is 0.0438. The predicted molar refractivity (Wildman–Crippen MR) is 212 cm³/mol. The van der Waals surface area contributed by atoms with Crippen molar-refractivity contribution in [2.45, 2.75) is 196 Å². The smallest absolute Gasteiger partial charge is 0.330 e. The Labute approximate surface area is 348 Å². The lowest BCUT2D eigenvalue weighted by Gasteiger charge is -2.47. The first-order chi connectivity index (χ1) is 28.7.